The van der Waals surface area contributed by atoms with Crippen LogP contribution < -0.4 is 10.3 Å². The van der Waals surface area contributed by atoms with E-state index >= 15 is 0 Å². The summed E-state index contributed by atoms with van der Waals surface area (Å²) in [7, 11) is 0. The summed E-state index contributed by atoms with van der Waals surface area (Å²) in [6.07, 6.45) is 0. The molecule has 2 aromatic carbocycles. The van der Waals surface area contributed by atoms with Crippen molar-refractivity contribution in [2.75, 3.05) is 31.2 Å². The highest BCUT2D eigenvalue weighted by Crippen LogP contribution is 2.17. The molecular weight excluding hydrogens is 318 g/mol. The molecule has 1 heterocycles. The Morgan fingerprint density at radius 1 is 1.12 bits per heavy atom. The number of hydrogen-bond donors (Lipinski definition) is 2. The number of aromatic hydroxyl groups is 1. The molecule has 0 unspecified atom stereocenters. The number of ether oxygens (including phenoxy) is 1. The number of rotatable bonds is 4. The largest absolute Gasteiger partial charge is 0.508 e. The lowest BCUT2D eigenvalue weighted by molar-refractivity contribution is 0.0954. The van der Waals surface area contributed by atoms with Crippen LogP contribution in [0.15, 0.2) is 53.6 Å². The van der Waals surface area contributed by atoms with Crippen LogP contribution in [0, 0.1) is 0 Å². The molecule has 25 heavy (non-hydrogen) atoms. The number of benzene rings is 2. The van der Waals surface area contributed by atoms with E-state index in [1.54, 1.807) is 12.1 Å². The number of phenolic OH excluding ortho intramolecular Hbond substituents is 1. The summed E-state index contributed by atoms with van der Waals surface area (Å²) >= 11 is 0. The molecule has 0 bridgehead atoms. The number of phenols is 1. The molecule has 1 fully saturated rings. The van der Waals surface area contributed by atoms with Crippen LogP contribution in [0.2, 0.25) is 0 Å². The van der Waals surface area contributed by atoms with Crippen molar-refractivity contribution >= 4 is 17.3 Å². The molecule has 1 amide bonds. The Morgan fingerprint density at radius 2 is 1.84 bits per heavy atom. The van der Waals surface area contributed by atoms with E-state index in [0.29, 0.717) is 11.3 Å². The molecule has 0 saturated carbocycles. The van der Waals surface area contributed by atoms with Gasteiger partial charge in [-0.3, -0.25) is 4.79 Å². The zero-order valence-corrected chi connectivity index (χ0v) is 14.1. The molecule has 2 aromatic rings. The first-order valence-electron chi connectivity index (χ1n) is 8.20. The normalized spacial score (nSPS) is 15.1. The average Bonchev–Trinajstić information content (AvgIpc) is 2.66. The number of nitrogens with zero attached hydrogens (tertiary/aromatic N) is 2. The van der Waals surface area contributed by atoms with Crippen LogP contribution in [0.25, 0.3) is 0 Å². The first-order valence-corrected chi connectivity index (χ1v) is 8.20. The van der Waals surface area contributed by atoms with Gasteiger partial charge in [0.1, 0.15) is 5.75 Å². The Morgan fingerprint density at radius 3 is 2.52 bits per heavy atom. The van der Waals surface area contributed by atoms with Gasteiger partial charge in [-0.15, -0.1) is 0 Å². The van der Waals surface area contributed by atoms with E-state index in [1.165, 1.54) is 12.1 Å². The Labute approximate surface area is 146 Å². The highest BCUT2D eigenvalue weighted by Gasteiger charge is 2.11. The van der Waals surface area contributed by atoms with Gasteiger partial charge in [0.25, 0.3) is 5.91 Å². The van der Waals surface area contributed by atoms with E-state index in [1.807, 2.05) is 19.1 Å². The third-order valence-electron chi connectivity index (χ3n) is 4.09. The minimum Gasteiger partial charge on any atom is -0.508 e. The van der Waals surface area contributed by atoms with Crippen molar-refractivity contribution in [1.29, 1.82) is 0 Å². The van der Waals surface area contributed by atoms with Crippen LogP contribution in [0.1, 0.15) is 22.8 Å². The Hall–Kier alpha value is -2.86. The molecule has 1 saturated heterocycles. The molecule has 0 atom stereocenters. The van der Waals surface area contributed by atoms with Gasteiger partial charge in [-0.25, -0.2) is 5.43 Å². The van der Waals surface area contributed by atoms with Gasteiger partial charge >= 0.3 is 0 Å². The van der Waals surface area contributed by atoms with E-state index in [2.05, 4.69) is 27.6 Å². The minimum atomic E-state index is -0.361. The summed E-state index contributed by atoms with van der Waals surface area (Å²) in [5.74, 6) is -0.313. The number of hydrogen-bond acceptors (Lipinski definition) is 5. The maximum Gasteiger partial charge on any atom is 0.271 e. The number of morpholine rings is 1. The third-order valence-corrected chi connectivity index (χ3v) is 4.09. The third kappa shape index (κ3) is 4.36. The Bertz CT molecular complexity index is 766. The summed E-state index contributed by atoms with van der Waals surface area (Å²) in [6, 6.07) is 14.2. The lowest BCUT2D eigenvalue weighted by atomic mass is 10.1. The van der Waals surface area contributed by atoms with E-state index in [9.17, 15) is 9.90 Å². The van der Waals surface area contributed by atoms with Crippen molar-refractivity contribution in [1.82, 2.24) is 5.43 Å². The number of hydrazone groups is 1. The van der Waals surface area contributed by atoms with E-state index in [4.69, 9.17) is 4.74 Å². The van der Waals surface area contributed by atoms with Gasteiger partial charge in [-0.05, 0) is 42.8 Å². The van der Waals surface area contributed by atoms with Crippen LogP contribution in [0.4, 0.5) is 5.69 Å². The highest BCUT2D eigenvalue weighted by atomic mass is 16.5. The fourth-order valence-corrected chi connectivity index (χ4v) is 2.65. The highest BCUT2D eigenvalue weighted by molar-refractivity contribution is 6.01. The standard InChI is InChI=1S/C19H21N3O3/c1-14(20-21-19(24)16-3-2-4-18(23)13-16)15-5-7-17(8-6-15)22-9-11-25-12-10-22/h2-8,13,23H,9-12H2,1H3,(H,21,24)/b20-14+. The van der Waals surface area contributed by atoms with Crippen molar-refractivity contribution in [3.8, 4) is 5.75 Å². The van der Waals surface area contributed by atoms with Gasteiger partial charge in [0.15, 0.2) is 0 Å². The smallest absolute Gasteiger partial charge is 0.271 e. The maximum absolute atomic E-state index is 12.0. The second-order valence-corrected chi connectivity index (χ2v) is 5.83. The summed E-state index contributed by atoms with van der Waals surface area (Å²) in [4.78, 5) is 14.3. The van der Waals surface area contributed by atoms with Crippen LogP contribution in [0.3, 0.4) is 0 Å². The fraction of sp³-hybridized carbons (Fsp3) is 0.263. The Kier molecular flexibility index (Phi) is 5.30. The van der Waals surface area contributed by atoms with Gasteiger partial charge in [-0.1, -0.05) is 18.2 Å². The van der Waals surface area contributed by atoms with Crippen molar-refractivity contribution in [2.45, 2.75) is 6.92 Å². The van der Waals surface area contributed by atoms with E-state index in [-0.39, 0.29) is 11.7 Å². The number of amides is 1. The minimum absolute atomic E-state index is 0.0482. The van der Waals surface area contributed by atoms with Gasteiger partial charge in [0, 0.05) is 24.3 Å². The molecule has 0 radical (unpaired) electrons. The lowest BCUT2D eigenvalue weighted by Crippen LogP contribution is -2.36. The first-order chi connectivity index (χ1) is 12.1. The predicted octanol–water partition coefficient (Wildman–Crippen LogP) is 2.38. The molecule has 0 aliphatic carbocycles. The van der Waals surface area contributed by atoms with Crippen molar-refractivity contribution in [3.63, 3.8) is 0 Å². The molecule has 6 heteroatoms. The van der Waals surface area contributed by atoms with Gasteiger partial charge in [0.2, 0.25) is 0 Å². The fourth-order valence-electron chi connectivity index (χ4n) is 2.65. The monoisotopic (exact) mass is 339 g/mol. The van der Waals surface area contributed by atoms with Crippen LogP contribution in [0.5, 0.6) is 5.75 Å². The quantitative estimate of drug-likeness (QED) is 0.662. The van der Waals surface area contributed by atoms with Crippen LogP contribution in [-0.4, -0.2) is 43.0 Å². The SMILES string of the molecule is C/C(=N\NC(=O)c1cccc(O)c1)c1ccc(N2CCOCC2)cc1. The molecule has 3 rings (SSSR count). The molecule has 6 nitrogen and oxygen atoms in total. The summed E-state index contributed by atoms with van der Waals surface area (Å²) < 4.78 is 5.36. The zero-order chi connectivity index (χ0) is 17.6. The zero-order valence-electron chi connectivity index (χ0n) is 14.1. The number of carbonyl (C=O) groups excluding carboxylic acids is 1. The molecule has 1 aliphatic rings. The van der Waals surface area contributed by atoms with E-state index in [0.717, 1.165) is 37.6 Å². The average molecular weight is 339 g/mol. The van der Waals surface area contributed by atoms with E-state index < -0.39 is 0 Å². The molecule has 1 aliphatic heterocycles. The first kappa shape index (κ1) is 17.0. The van der Waals surface area contributed by atoms with Gasteiger partial charge in [-0.2, -0.15) is 5.10 Å². The molecule has 0 aromatic heterocycles. The molecule has 130 valence electrons. The second-order valence-electron chi connectivity index (χ2n) is 5.83. The number of anilines is 1. The van der Waals surface area contributed by atoms with Gasteiger partial charge < -0.3 is 14.7 Å². The van der Waals surface area contributed by atoms with Gasteiger partial charge in [0.05, 0.1) is 18.9 Å². The molecular formula is C19H21N3O3. The van der Waals surface area contributed by atoms with Crippen LogP contribution in [-0.2, 0) is 4.74 Å². The topological polar surface area (TPSA) is 74.2 Å². The maximum atomic E-state index is 12.0. The van der Waals surface area contributed by atoms with Crippen molar-refractivity contribution < 1.29 is 14.6 Å². The molecule has 2 N–H and O–H groups in total. The number of nitrogens with one attached hydrogen (secondary N) is 1. The van der Waals surface area contributed by atoms with Crippen molar-refractivity contribution in [2.24, 2.45) is 5.10 Å². The molecule has 0 spiro atoms. The second kappa shape index (κ2) is 7.81. The number of carbonyl (C=O) groups is 1. The summed E-state index contributed by atoms with van der Waals surface area (Å²) in [6.45, 7) is 5.14. The summed E-state index contributed by atoms with van der Waals surface area (Å²) in [5, 5.41) is 13.6. The van der Waals surface area contributed by atoms with Crippen molar-refractivity contribution in [3.05, 3.63) is 59.7 Å². The van der Waals surface area contributed by atoms with Crippen LogP contribution >= 0.6 is 0 Å². The lowest BCUT2D eigenvalue weighted by Gasteiger charge is -2.28. The summed E-state index contributed by atoms with van der Waals surface area (Å²) in [5.41, 5.74) is 5.68. The Balaban J connectivity index is 1.64. The predicted molar refractivity (Wildman–Crippen MR) is 97.3 cm³/mol.